The molecule has 0 aromatic heterocycles. The highest BCUT2D eigenvalue weighted by molar-refractivity contribution is 5.99. The number of carbonyl (C=O) groups excluding carboxylic acids is 1. The van der Waals surface area contributed by atoms with Gasteiger partial charge in [-0.1, -0.05) is 26.8 Å². The van der Waals surface area contributed by atoms with Crippen LogP contribution in [0.2, 0.25) is 0 Å². The summed E-state index contributed by atoms with van der Waals surface area (Å²) in [5.74, 6) is 1.07. The number of aliphatic hydroxyl groups is 1. The van der Waals surface area contributed by atoms with Gasteiger partial charge in [0.2, 0.25) is 0 Å². The second kappa shape index (κ2) is 2.85. The minimum Gasteiger partial charge on any atom is -0.391 e. The van der Waals surface area contributed by atoms with Crippen LogP contribution in [0.5, 0.6) is 0 Å². The van der Waals surface area contributed by atoms with E-state index < -0.39 is 11.5 Å². The molecule has 5 atom stereocenters. The lowest BCUT2D eigenvalue weighted by Crippen LogP contribution is -2.46. The molecule has 2 heteroatoms. The second-order valence-electron chi connectivity index (χ2n) is 7.09. The summed E-state index contributed by atoms with van der Waals surface area (Å²) in [6.07, 6.45) is 5.65. The van der Waals surface area contributed by atoms with Crippen molar-refractivity contribution in [1.29, 1.82) is 0 Å². The van der Waals surface area contributed by atoms with Gasteiger partial charge in [-0.05, 0) is 43.1 Å². The van der Waals surface area contributed by atoms with E-state index in [2.05, 4.69) is 26.8 Å². The van der Waals surface area contributed by atoms with Gasteiger partial charge in [0.1, 0.15) is 0 Å². The van der Waals surface area contributed by atoms with Crippen molar-refractivity contribution in [3.05, 3.63) is 12.2 Å². The highest BCUT2D eigenvalue weighted by Crippen LogP contribution is 2.74. The van der Waals surface area contributed by atoms with E-state index in [-0.39, 0.29) is 16.6 Å². The van der Waals surface area contributed by atoms with Crippen LogP contribution < -0.4 is 0 Å². The summed E-state index contributed by atoms with van der Waals surface area (Å²) in [6, 6.07) is 0. The number of hydrogen-bond acceptors (Lipinski definition) is 2. The van der Waals surface area contributed by atoms with Gasteiger partial charge in [-0.15, -0.1) is 0 Å². The normalized spacial score (nSPS) is 55.1. The molecule has 2 nitrogen and oxygen atoms in total. The number of allylic oxidation sites excluding steroid dienone is 2. The first kappa shape index (κ1) is 11.5. The Kier molecular flexibility index (Phi) is 1.92. The largest absolute Gasteiger partial charge is 0.391 e. The van der Waals surface area contributed by atoms with E-state index in [1.807, 2.05) is 6.92 Å². The Morgan fingerprint density at radius 3 is 2.59 bits per heavy atom. The quantitative estimate of drug-likeness (QED) is 0.699. The van der Waals surface area contributed by atoms with E-state index in [9.17, 15) is 9.90 Å². The molecule has 17 heavy (non-hydrogen) atoms. The molecule has 3 rings (SSSR count). The van der Waals surface area contributed by atoms with Gasteiger partial charge in [0.15, 0.2) is 5.78 Å². The van der Waals surface area contributed by atoms with Crippen LogP contribution in [0, 0.1) is 28.1 Å². The van der Waals surface area contributed by atoms with Gasteiger partial charge < -0.3 is 5.11 Å². The van der Waals surface area contributed by atoms with E-state index in [0.717, 1.165) is 6.42 Å². The molecule has 5 unspecified atom stereocenters. The van der Waals surface area contributed by atoms with E-state index in [0.29, 0.717) is 11.8 Å². The molecule has 2 fully saturated rings. The van der Waals surface area contributed by atoms with Crippen LogP contribution in [0.3, 0.4) is 0 Å². The molecule has 3 aliphatic carbocycles. The Hall–Kier alpha value is -0.630. The fourth-order valence-corrected chi connectivity index (χ4v) is 5.46. The van der Waals surface area contributed by atoms with Gasteiger partial charge >= 0.3 is 0 Å². The molecule has 0 aliphatic heterocycles. The number of rotatable bonds is 0. The van der Waals surface area contributed by atoms with Crippen LogP contribution in [0.4, 0.5) is 0 Å². The molecule has 1 spiro atoms. The summed E-state index contributed by atoms with van der Waals surface area (Å²) in [5, 5.41) is 10.7. The van der Waals surface area contributed by atoms with Crippen molar-refractivity contribution in [3.63, 3.8) is 0 Å². The third kappa shape index (κ3) is 0.896. The average molecular weight is 234 g/mol. The molecule has 3 aliphatic rings. The smallest absolute Gasteiger partial charge is 0.164 e. The van der Waals surface area contributed by atoms with Crippen LogP contribution in [-0.4, -0.2) is 17.0 Å². The number of hydrogen-bond donors (Lipinski definition) is 1. The average Bonchev–Trinajstić information content (AvgIpc) is 2.77. The molecule has 0 heterocycles. The maximum atomic E-state index is 12.3. The number of carbonyl (C=O) groups is 1. The van der Waals surface area contributed by atoms with Crippen LogP contribution in [0.25, 0.3) is 0 Å². The lowest BCUT2D eigenvalue weighted by atomic mass is 9.61. The van der Waals surface area contributed by atoms with Crippen molar-refractivity contribution in [1.82, 2.24) is 0 Å². The van der Waals surface area contributed by atoms with Crippen molar-refractivity contribution in [3.8, 4) is 0 Å². The van der Waals surface area contributed by atoms with Crippen molar-refractivity contribution in [2.45, 2.75) is 46.6 Å². The zero-order valence-corrected chi connectivity index (χ0v) is 11.2. The molecule has 0 amide bonds. The van der Waals surface area contributed by atoms with Gasteiger partial charge in [-0.2, -0.15) is 0 Å². The molecule has 0 radical (unpaired) electrons. The Bertz CT molecular complexity index is 423. The number of ketones is 1. The Balaban J connectivity index is 2.27. The van der Waals surface area contributed by atoms with E-state index >= 15 is 0 Å². The van der Waals surface area contributed by atoms with Gasteiger partial charge in [-0.3, -0.25) is 4.79 Å². The molecular weight excluding hydrogens is 212 g/mol. The third-order valence-corrected chi connectivity index (χ3v) is 6.35. The lowest BCUT2D eigenvalue weighted by molar-refractivity contribution is -0.135. The summed E-state index contributed by atoms with van der Waals surface area (Å²) in [6.45, 7) is 8.50. The molecule has 94 valence electrons. The monoisotopic (exact) mass is 234 g/mol. The van der Waals surface area contributed by atoms with E-state index in [1.54, 1.807) is 6.08 Å². The topological polar surface area (TPSA) is 37.3 Å². The van der Waals surface area contributed by atoms with Gasteiger partial charge in [-0.25, -0.2) is 0 Å². The molecule has 0 aromatic carbocycles. The predicted molar refractivity (Wildman–Crippen MR) is 66.4 cm³/mol. The molecular formula is C15H22O2. The summed E-state index contributed by atoms with van der Waals surface area (Å²) >= 11 is 0. The van der Waals surface area contributed by atoms with Gasteiger partial charge in [0.05, 0.1) is 11.5 Å². The first-order valence-electron chi connectivity index (χ1n) is 6.71. The van der Waals surface area contributed by atoms with Crippen molar-refractivity contribution < 1.29 is 9.90 Å². The Morgan fingerprint density at radius 2 is 1.94 bits per heavy atom. The third-order valence-electron chi connectivity index (χ3n) is 6.35. The lowest BCUT2D eigenvalue weighted by Gasteiger charge is -2.41. The van der Waals surface area contributed by atoms with Gasteiger partial charge in [0.25, 0.3) is 0 Å². The van der Waals surface area contributed by atoms with Crippen LogP contribution in [0.1, 0.15) is 40.5 Å². The van der Waals surface area contributed by atoms with E-state index in [4.69, 9.17) is 0 Å². The fourth-order valence-electron chi connectivity index (χ4n) is 5.46. The van der Waals surface area contributed by atoms with Crippen molar-refractivity contribution in [2.24, 2.45) is 28.1 Å². The zero-order chi connectivity index (χ0) is 12.6. The molecule has 0 bridgehead atoms. The first-order chi connectivity index (χ1) is 7.79. The molecule has 1 N–H and O–H groups in total. The molecule has 0 aromatic rings. The summed E-state index contributed by atoms with van der Waals surface area (Å²) in [7, 11) is 0. The molecule has 0 saturated heterocycles. The summed E-state index contributed by atoms with van der Waals surface area (Å²) in [4.78, 5) is 12.3. The second-order valence-corrected chi connectivity index (χ2v) is 7.09. The SMILES string of the molecule is CC1CCC2C(C)(C)C(O)C3(C)C(=O)C=CC123. The van der Waals surface area contributed by atoms with Crippen LogP contribution in [-0.2, 0) is 4.79 Å². The minimum atomic E-state index is -0.586. The highest BCUT2D eigenvalue weighted by Gasteiger charge is 2.75. The standard InChI is InChI=1S/C15H22O2/c1-9-5-6-10-13(2,3)12(17)14(4)11(16)7-8-15(9,10)14/h7-10,12,17H,5-6H2,1-4H3. The Morgan fingerprint density at radius 1 is 1.29 bits per heavy atom. The Labute approximate surface area is 103 Å². The summed E-state index contributed by atoms with van der Waals surface area (Å²) < 4.78 is 0. The minimum absolute atomic E-state index is 0.0903. The first-order valence-corrected chi connectivity index (χ1v) is 6.71. The van der Waals surface area contributed by atoms with Gasteiger partial charge in [0, 0.05) is 5.41 Å². The maximum absolute atomic E-state index is 12.3. The summed E-state index contributed by atoms with van der Waals surface area (Å²) in [5.41, 5.74) is -0.829. The van der Waals surface area contributed by atoms with E-state index in [1.165, 1.54) is 6.42 Å². The molecule has 2 saturated carbocycles. The van der Waals surface area contributed by atoms with Crippen molar-refractivity contribution >= 4 is 5.78 Å². The highest BCUT2D eigenvalue weighted by atomic mass is 16.3. The van der Waals surface area contributed by atoms with Crippen LogP contribution >= 0.6 is 0 Å². The predicted octanol–water partition coefficient (Wildman–Crippen LogP) is 2.56. The fraction of sp³-hybridized carbons (Fsp3) is 0.800. The zero-order valence-electron chi connectivity index (χ0n) is 11.2. The van der Waals surface area contributed by atoms with Crippen LogP contribution in [0.15, 0.2) is 12.2 Å². The maximum Gasteiger partial charge on any atom is 0.164 e. The number of aliphatic hydroxyl groups excluding tert-OH is 1. The van der Waals surface area contributed by atoms with Crippen molar-refractivity contribution in [2.75, 3.05) is 0 Å².